The first-order chi connectivity index (χ1) is 9.49. The Kier molecular flexibility index (Phi) is 3.75. The van der Waals surface area contributed by atoms with Gasteiger partial charge in [-0.15, -0.1) is 0 Å². The Labute approximate surface area is 118 Å². The number of nitrogens with zero attached hydrogens (tertiary/aromatic N) is 1. The quantitative estimate of drug-likeness (QED) is 0.454. The van der Waals surface area contributed by atoms with Crippen molar-refractivity contribution in [3.8, 4) is 5.75 Å². The van der Waals surface area contributed by atoms with E-state index in [0.717, 1.165) is 11.1 Å². The fourth-order valence-corrected chi connectivity index (χ4v) is 1.93. The van der Waals surface area contributed by atoms with Gasteiger partial charge in [0.25, 0.3) is 0 Å². The van der Waals surface area contributed by atoms with E-state index in [9.17, 15) is 5.11 Å². The Morgan fingerprint density at radius 2 is 1.85 bits per heavy atom. The summed E-state index contributed by atoms with van der Waals surface area (Å²) in [6.07, 6.45) is 0. The topological polar surface area (TPSA) is 84.6 Å². The molecule has 20 heavy (non-hydrogen) atoms. The molecule has 0 saturated carbocycles. The zero-order chi connectivity index (χ0) is 14.7. The maximum Gasteiger partial charge on any atom is 0.135 e. The summed E-state index contributed by atoms with van der Waals surface area (Å²) in [6, 6.07) is 12.5. The number of rotatable bonds is 3. The zero-order valence-electron chi connectivity index (χ0n) is 11.3. The number of phenolic OH excluding ortho intramolecular Hbond substituents is 1. The Bertz CT molecular complexity index is 690. The smallest absolute Gasteiger partial charge is 0.135 e. The van der Waals surface area contributed by atoms with Gasteiger partial charge in [0.2, 0.25) is 0 Å². The van der Waals surface area contributed by atoms with E-state index in [0.29, 0.717) is 16.9 Å². The first kappa shape index (κ1) is 13.7. The third-order valence-electron chi connectivity index (χ3n) is 3.01. The molecule has 0 aliphatic rings. The number of hydrogen-bond acceptors (Lipinski definition) is 3. The summed E-state index contributed by atoms with van der Waals surface area (Å²) in [7, 11) is 0. The highest BCUT2D eigenvalue weighted by atomic mass is 16.3. The average molecular weight is 267 g/mol. The number of aryl methyl sites for hydroxylation is 1. The van der Waals surface area contributed by atoms with E-state index in [1.54, 1.807) is 12.1 Å². The summed E-state index contributed by atoms with van der Waals surface area (Å²) in [5.41, 5.74) is 15.0. The van der Waals surface area contributed by atoms with Gasteiger partial charge in [0.1, 0.15) is 11.6 Å². The van der Waals surface area contributed by atoms with E-state index in [2.05, 4.69) is 11.6 Å². The number of phenols is 1. The van der Waals surface area contributed by atoms with Crippen LogP contribution in [0.2, 0.25) is 0 Å². The Balaban J connectivity index is 2.35. The standard InChI is InChI=1S/C16H17N3O/c1-10-5-3-4-6-13(10)11(2)19-16(18)14-8-7-12(17)9-15(14)20/h3-9,20H,2,17H2,1H3,(H2,18,19). The normalized spacial score (nSPS) is 11.3. The minimum Gasteiger partial charge on any atom is -0.507 e. The van der Waals surface area contributed by atoms with Gasteiger partial charge in [-0.1, -0.05) is 30.8 Å². The van der Waals surface area contributed by atoms with Gasteiger partial charge in [0, 0.05) is 17.3 Å². The molecule has 4 nitrogen and oxygen atoms in total. The van der Waals surface area contributed by atoms with Crippen molar-refractivity contribution in [1.82, 2.24) is 0 Å². The van der Waals surface area contributed by atoms with Gasteiger partial charge in [0.05, 0.1) is 11.3 Å². The highest BCUT2D eigenvalue weighted by molar-refractivity contribution is 6.02. The molecule has 0 bridgehead atoms. The van der Waals surface area contributed by atoms with Crippen molar-refractivity contribution in [3.63, 3.8) is 0 Å². The molecule has 0 aromatic heterocycles. The number of aromatic hydroxyl groups is 1. The van der Waals surface area contributed by atoms with Crippen LogP contribution in [0.1, 0.15) is 16.7 Å². The fourth-order valence-electron chi connectivity index (χ4n) is 1.93. The molecular formula is C16H17N3O. The van der Waals surface area contributed by atoms with Gasteiger partial charge in [0.15, 0.2) is 0 Å². The number of benzene rings is 2. The van der Waals surface area contributed by atoms with Gasteiger partial charge in [-0.3, -0.25) is 0 Å². The van der Waals surface area contributed by atoms with Crippen molar-refractivity contribution in [2.45, 2.75) is 6.92 Å². The highest BCUT2D eigenvalue weighted by Crippen LogP contribution is 2.22. The predicted octanol–water partition coefficient (Wildman–Crippen LogP) is 2.66. The number of aliphatic imine (C=N–C) groups is 1. The summed E-state index contributed by atoms with van der Waals surface area (Å²) in [4.78, 5) is 4.27. The third kappa shape index (κ3) is 2.80. The number of nitrogen functional groups attached to an aromatic ring is 1. The SMILES string of the molecule is C=C(N=C(N)c1ccc(N)cc1O)c1ccccc1C. The Hall–Kier alpha value is -2.75. The van der Waals surface area contributed by atoms with E-state index in [1.165, 1.54) is 6.07 Å². The summed E-state index contributed by atoms with van der Waals surface area (Å²) in [5, 5.41) is 9.83. The maximum absolute atomic E-state index is 9.83. The Morgan fingerprint density at radius 1 is 1.15 bits per heavy atom. The molecule has 0 heterocycles. The molecule has 5 N–H and O–H groups in total. The number of anilines is 1. The largest absolute Gasteiger partial charge is 0.507 e. The van der Waals surface area contributed by atoms with Crippen molar-refractivity contribution in [2.75, 3.05) is 5.73 Å². The molecule has 2 aromatic rings. The van der Waals surface area contributed by atoms with Crippen LogP contribution >= 0.6 is 0 Å². The molecule has 0 fully saturated rings. The Morgan fingerprint density at radius 3 is 2.50 bits per heavy atom. The average Bonchev–Trinajstić information content (AvgIpc) is 2.38. The van der Waals surface area contributed by atoms with Gasteiger partial charge in [-0.2, -0.15) is 0 Å². The second kappa shape index (κ2) is 5.48. The maximum atomic E-state index is 9.83. The van der Waals surface area contributed by atoms with E-state index < -0.39 is 0 Å². The van der Waals surface area contributed by atoms with E-state index in [1.807, 2.05) is 31.2 Å². The second-order valence-corrected chi connectivity index (χ2v) is 4.54. The fraction of sp³-hybridized carbons (Fsp3) is 0.0625. The molecule has 2 rings (SSSR count). The first-order valence-electron chi connectivity index (χ1n) is 6.17. The van der Waals surface area contributed by atoms with Crippen LogP contribution < -0.4 is 11.5 Å². The molecule has 4 heteroatoms. The molecule has 0 spiro atoms. The molecule has 0 aliphatic heterocycles. The lowest BCUT2D eigenvalue weighted by Crippen LogP contribution is -2.13. The summed E-state index contributed by atoms with van der Waals surface area (Å²) < 4.78 is 0. The molecular weight excluding hydrogens is 250 g/mol. The summed E-state index contributed by atoms with van der Waals surface area (Å²) in [5.74, 6) is 0.208. The lowest BCUT2D eigenvalue weighted by molar-refractivity contribution is 0.474. The van der Waals surface area contributed by atoms with Crippen LogP contribution in [0.3, 0.4) is 0 Å². The van der Waals surface area contributed by atoms with Crippen LogP contribution in [0.25, 0.3) is 5.70 Å². The van der Waals surface area contributed by atoms with Gasteiger partial charge in [-0.05, 0) is 24.6 Å². The molecule has 0 saturated heterocycles. The summed E-state index contributed by atoms with van der Waals surface area (Å²) in [6.45, 7) is 5.90. The highest BCUT2D eigenvalue weighted by Gasteiger charge is 2.08. The lowest BCUT2D eigenvalue weighted by Gasteiger charge is -2.08. The minimum absolute atomic E-state index is 0.00355. The van der Waals surface area contributed by atoms with Crippen LogP contribution in [0.15, 0.2) is 54.0 Å². The number of hydrogen-bond donors (Lipinski definition) is 3. The van der Waals surface area contributed by atoms with Gasteiger partial charge in [-0.25, -0.2) is 4.99 Å². The van der Waals surface area contributed by atoms with E-state index in [-0.39, 0.29) is 11.6 Å². The van der Waals surface area contributed by atoms with Gasteiger partial charge >= 0.3 is 0 Å². The first-order valence-corrected chi connectivity index (χ1v) is 6.17. The van der Waals surface area contributed by atoms with Crippen LogP contribution in [0.5, 0.6) is 5.75 Å². The molecule has 102 valence electrons. The minimum atomic E-state index is 0.00355. The molecule has 2 aromatic carbocycles. The molecule has 0 amide bonds. The van der Waals surface area contributed by atoms with Crippen LogP contribution in [-0.2, 0) is 0 Å². The lowest BCUT2D eigenvalue weighted by atomic mass is 10.1. The monoisotopic (exact) mass is 267 g/mol. The third-order valence-corrected chi connectivity index (χ3v) is 3.01. The van der Waals surface area contributed by atoms with E-state index >= 15 is 0 Å². The predicted molar refractivity (Wildman–Crippen MR) is 83.5 cm³/mol. The zero-order valence-corrected chi connectivity index (χ0v) is 11.3. The summed E-state index contributed by atoms with van der Waals surface area (Å²) >= 11 is 0. The molecule has 0 unspecified atom stereocenters. The molecule has 0 aliphatic carbocycles. The molecule has 0 radical (unpaired) electrons. The van der Waals surface area contributed by atoms with Crippen molar-refractivity contribution >= 4 is 17.2 Å². The van der Waals surface area contributed by atoms with Crippen molar-refractivity contribution < 1.29 is 5.11 Å². The van der Waals surface area contributed by atoms with Gasteiger partial charge < -0.3 is 16.6 Å². The second-order valence-electron chi connectivity index (χ2n) is 4.54. The molecule has 0 atom stereocenters. The number of amidine groups is 1. The van der Waals surface area contributed by atoms with Crippen LogP contribution in [0, 0.1) is 6.92 Å². The van der Waals surface area contributed by atoms with Crippen molar-refractivity contribution in [2.24, 2.45) is 10.7 Å². The van der Waals surface area contributed by atoms with E-state index in [4.69, 9.17) is 11.5 Å². The van der Waals surface area contributed by atoms with Crippen molar-refractivity contribution in [1.29, 1.82) is 0 Å². The van der Waals surface area contributed by atoms with Crippen LogP contribution in [-0.4, -0.2) is 10.9 Å². The number of nitrogens with two attached hydrogens (primary N) is 2. The van der Waals surface area contributed by atoms with Crippen molar-refractivity contribution in [3.05, 3.63) is 65.7 Å². The van der Waals surface area contributed by atoms with Crippen LogP contribution in [0.4, 0.5) is 5.69 Å².